The van der Waals surface area contributed by atoms with E-state index in [4.69, 9.17) is 9.03 Å². The molecule has 0 amide bonds. The van der Waals surface area contributed by atoms with Gasteiger partial charge in [0.1, 0.15) is 0 Å². The topological polar surface area (TPSA) is 87.6 Å². The minimum absolute atomic E-state index is 0.491. The summed E-state index contributed by atoms with van der Waals surface area (Å²) in [7, 11) is -4.62. The van der Waals surface area contributed by atoms with Crippen LogP contribution in [0.5, 0.6) is 0 Å². The fourth-order valence-electron chi connectivity index (χ4n) is 1.89. The van der Waals surface area contributed by atoms with Crippen LogP contribution in [0.15, 0.2) is 68.9 Å². The average Bonchev–Trinajstić information content (AvgIpc) is 2.90. The Hall–Kier alpha value is -0.541. The zero-order chi connectivity index (χ0) is 17.2. The third-order valence-electron chi connectivity index (χ3n) is 2.85. The summed E-state index contributed by atoms with van der Waals surface area (Å²) in [5.74, 6) is 0.491. The molecule has 0 spiro atoms. The number of halogens is 2. The van der Waals surface area contributed by atoms with E-state index in [1.165, 1.54) is 0 Å². The Kier molecular flexibility index (Phi) is 5.61. The monoisotopic (exact) mass is 496 g/mol. The van der Waals surface area contributed by atoms with E-state index in [0.29, 0.717) is 5.76 Å². The van der Waals surface area contributed by atoms with E-state index in [1.54, 1.807) is 17.1 Å². The van der Waals surface area contributed by atoms with Crippen LogP contribution in [-0.2, 0) is 9.03 Å². The molecule has 5 nitrogen and oxygen atoms in total. The molecule has 126 valence electrons. The van der Waals surface area contributed by atoms with Gasteiger partial charge in [0, 0.05) is 0 Å². The van der Waals surface area contributed by atoms with Crippen LogP contribution in [0.3, 0.4) is 0 Å². The van der Waals surface area contributed by atoms with Crippen LogP contribution in [-0.4, -0.2) is 19.0 Å². The molecule has 0 aliphatic carbocycles. The van der Waals surface area contributed by atoms with Gasteiger partial charge in [-0.15, -0.1) is 0 Å². The Balaban J connectivity index is 1.84. The van der Waals surface area contributed by atoms with Crippen molar-refractivity contribution in [1.29, 1.82) is 0 Å². The van der Waals surface area contributed by atoms with Gasteiger partial charge in [-0.05, 0) is 0 Å². The molecule has 0 saturated carbocycles. The van der Waals surface area contributed by atoms with Gasteiger partial charge in [0.2, 0.25) is 0 Å². The van der Waals surface area contributed by atoms with Gasteiger partial charge in [0.05, 0.1) is 0 Å². The molecule has 0 bridgehead atoms. The standard InChI is InChI=1S/C15H10BrClO5SSe/c16-12-8-6-11(7-9-12)14-10-24-15(21-14,22-17(18,19)20)23-13-4-2-1-3-5-13/h1-10H. The average molecular weight is 497 g/mol. The summed E-state index contributed by atoms with van der Waals surface area (Å²) in [4.78, 5) is 2.51. The van der Waals surface area contributed by atoms with Gasteiger partial charge in [-0.25, -0.2) is 0 Å². The van der Waals surface area contributed by atoms with E-state index < -0.39 is 29.2 Å². The third kappa shape index (κ3) is 4.76. The van der Waals surface area contributed by atoms with Crippen LogP contribution < -0.4 is 14.0 Å². The number of rotatable bonds is 5. The minimum atomic E-state index is -4.62. The van der Waals surface area contributed by atoms with E-state index in [0.717, 1.165) is 26.7 Å². The van der Waals surface area contributed by atoms with E-state index in [2.05, 4.69) is 15.9 Å². The van der Waals surface area contributed by atoms with Crippen molar-refractivity contribution in [2.45, 2.75) is 8.91 Å². The van der Waals surface area contributed by atoms with E-state index >= 15 is 0 Å². The van der Waals surface area contributed by atoms with Crippen molar-refractivity contribution in [2.24, 2.45) is 0 Å². The SMILES string of the molecule is [O-][Cl+3]([O-])([O-])OC1(Sc2ccccc2)OC(c2ccc(Br)cc2)=C[Se]1. The Morgan fingerprint density at radius 3 is 2.33 bits per heavy atom. The molecule has 1 aliphatic rings. The Labute approximate surface area is 159 Å². The Bertz CT molecular complexity index is 738. The zero-order valence-corrected chi connectivity index (χ0v) is 16.8. The molecule has 1 aliphatic heterocycles. The van der Waals surface area contributed by atoms with Gasteiger partial charge in [0.25, 0.3) is 0 Å². The second-order valence-corrected chi connectivity index (χ2v) is 10.3. The third-order valence-corrected chi connectivity index (χ3v) is 7.68. The predicted octanol–water partition coefficient (Wildman–Crippen LogP) is 0.799. The number of hydrogen-bond donors (Lipinski definition) is 0. The second-order valence-electron chi connectivity index (χ2n) is 4.58. The van der Waals surface area contributed by atoms with Gasteiger partial charge < -0.3 is 0 Å². The van der Waals surface area contributed by atoms with Gasteiger partial charge >= 0.3 is 160 Å². The van der Waals surface area contributed by atoms with Crippen molar-refractivity contribution in [2.75, 3.05) is 0 Å². The first-order valence-electron chi connectivity index (χ1n) is 6.54. The zero-order valence-electron chi connectivity index (χ0n) is 11.9. The predicted molar refractivity (Wildman–Crippen MR) is 85.1 cm³/mol. The van der Waals surface area contributed by atoms with Crippen LogP contribution in [0, 0.1) is 10.2 Å². The van der Waals surface area contributed by atoms with Crippen molar-refractivity contribution >= 4 is 48.4 Å². The second kappa shape index (κ2) is 7.37. The van der Waals surface area contributed by atoms with Crippen LogP contribution in [0.1, 0.15) is 5.56 Å². The van der Waals surface area contributed by atoms with Crippen molar-refractivity contribution < 1.29 is 33.2 Å². The number of ether oxygens (including phenoxy) is 1. The maximum atomic E-state index is 11.2. The molecule has 0 aromatic heterocycles. The molecule has 1 heterocycles. The van der Waals surface area contributed by atoms with Crippen LogP contribution >= 0.6 is 27.7 Å². The van der Waals surface area contributed by atoms with Gasteiger partial charge in [-0.2, -0.15) is 0 Å². The van der Waals surface area contributed by atoms with Crippen LogP contribution in [0.4, 0.5) is 0 Å². The van der Waals surface area contributed by atoms with Gasteiger partial charge in [0.15, 0.2) is 0 Å². The Morgan fingerprint density at radius 2 is 1.71 bits per heavy atom. The Morgan fingerprint density at radius 1 is 1.04 bits per heavy atom. The first-order valence-corrected chi connectivity index (χ1v) is 11.2. The summed E-state index contributed by atoms with van der Waals surface area (Å²) >= 11 is 3.89. The van der Waals surface area contributed by atoms with Crippen molar-refractivity contribution in [3.05, 3.63) is 69.6 Å². The van der Waals surface area contributed by atoms with Crippen LogP contribution in [0.2, 0.25) is 0 Å². The molecular weight excluding hydrogens is 487 g/mol. The molecule has 2 aromatic carbocycles. The van der Waals surface area contributed by atoms with E-state index in [-0.39, 0.29) is 0 Å². The molecule has 0 fully saturated rings. The number of thioether (sulfide) groups is 1. The molecule has 9 heteroatoms. The summed E-state index contributed by atoms with van der Waals surface area (Å²) in [5, 5.41) is 0. The normalized spacial score (nSPS) is 20.6. The molecule has 2 aromatic rings. The summed E-state index contributed by atoms with van der Waals surface area (Å²) < 4.78 is 43.3. The maximum absolute atomic E-state index is 11.2. The van der Waals surface area contributed by atoms with E-state index in [9.17, 15) is 14.0 Å². The van der Waals surface area contributed by atoms with Gasteiger partial charge in [-0.1, -0.05) is 0 Å². The van der Waals surface area contributed by atoms with Gasteiger partial charge in [-0.3, -0.25) is 0 Å². The molecule has 0 N–H and O–H groups in total. The molecule has 1 atom stereocenters. The quantitative estimate of drug-likeness (QED) is 0.450. The van der Waals surface area contributed by atoms with Crippen molar-refractivity contribution in [1.82, 2.24) is 0 Å². The van der Waals surface area contributed by atoms with Crippen molar-refractivity contribution in [3.63, 3.8) is 0 Å². The first kappa shape index (κ1) is 18.3. The number of benzene rings is 2. The van der Waals surface area contributed by atoms with E-state index in [1.807, 2.05) is 42.5 Å². The van der Waals surface area contributed by atoms with Crippen LogP contribution in [0.25, 0.3) is 5.76 Å². The molecule has 0 radical (unpaired) electrons. The van der Waals surface area contributed by atoms with Crippen molar-refractivity contribution in [3.8, 4) is 0 Å². The summed E-state index contributed by atoms with van der Waals surface area (Å²) in [6, 6.07) is 16.4. The molecule has 1 unspecified atom stereocenters. The summed E-state index contributed by atoms with van der Waals surface area (Å²) in [6.07, 6.45) is 0. The molecule has 0 saturated heterocycles. The molecule has 3 rings (SSSR count). The number of hydrogen-bond acceptors (Lipinski definition) is 6. The summed E-state index contributed by atoms with van der Waals surface area (Å²) in [5.41, 5.74) is 0.777. The fourth-order valence-corrected chi connectivity index (χ4v) is 6.65. The summed E-state index contributed by atoms with van der Waals surface area (Å²) in [6.45, 7) is 0. The fraction of sp³-hybridized carbons (Fsp3) is 0.0667. The first-order chi connectivity index (χ1) is 11.4. The molecular formula is C15H10BrClO5SSe. The molecule has 24 heavy (non-hydrogen) atoms.